The molecule has 0 saturated carbocycles. The van der Waals surface area contributed by atoms with Gasteiger partial charge in [0, 0.05) is 6.20 Å². The predicted octanol–water partition coefficient (Wildman–Crippen LogP) is 2.12. The molecule has 60 valence electrons. The maximum atomic E-state index is 5.06. The predicted molar refractivity (Wildman–Crippen MR) is 47.3 cm³/mol. The number of aryl methyl sites for hydroxylation is 1. The van der Waals surface area contributed by atoms with Gasteiger partial charge in [0.1, 0.15) is 0 Å². The smallest absolute Gasteiger partial charge is 0.227 e. The summed E-state index contributed by atoms with van der Waals surface area (Å²) in [4.78, 5) is 5.21. The van der Waals surface area contributed by atoms with Gasteiger partial charge in [0.15, 0.2) is 0 Å². The third kappa shape index (κ3) is 1.87. The Kier molecular flexibility index (Phi) is 2.76. The summed E-state index contributed by atoms with van der Waals surface area (Å²) in [7, 11) is 1.64. The average Bonchev–Trinajstić information content (AvgIpc) is 2.04. The lowest BCUT2D eigenvalue weighted by molar-refractivity contribution is 0.387. The maximum absolute atomic E-state index is 5.06. The Bertz CT molecular complexity index is 250. The van der Waals surface area contributed by atoms with Crippen LogP contribution in [0.1, 0.15) is 5.56 Å². The second-order valence-electron chi connectivity index (χ2n) is 2.22. The highest BCUT2D eigenvalue weighted by Gasteiger charge is 2.01. The van der Waals surface area contributed by atoms with Crippen LogP contribution in [0.25, 0.3) is 0 Å². The number of hydrogen-bond donors (Lipinski definition) is 0. The molecule has 0 aliphatic heterocycles. The molecule has 0 aromatic carbocycles. The molecule has 0 amide bonds. The van der Waals surface area contributed by atoms with Crippen molar-refractivity contribution in [3.63, 3.8) is 0 Å². The van der Waals surface area contributed by atoms with E-state index in [1.807, 2.05) is 13.2 Å². The number of thioether (sulfide) groups is 1. The van der Waals surface area contributed by atoms with E-state index in [0.29, 0.717) is 5.88 Å². The van der Waals surface area contributed by atoms with Crippen molar-refractivity contribution < 1.29 is 4.74 Å². The minimum atomic E-state index is 0.711. The summed E-state index contributed by atoms with van der Waals surface area (Å²) < 4.78 is 5.06. The Morgan fingerprint density at radius 2 is 2.27 bits per heavy atom. The molecule has 0 aliphatic carbocycles. The van der Waals surface area contributed by atoms with Gasteiger partial charge in [-0.1, -0.05) is 0 Å². The molecule has 1 aromatic rings. The zero-order valence-corrected chi connectivity index (χ0v) is 7.73. The van der Waals surface area contributed by atoms with Crippen molar-refractivity contribution >= 4 is 11.8 Å². The molecular weight excluding hydrogens is 158 g/mol. The van der Waals surface area contributed by atoms with Gasteiger partial charge in [-0.05, 0) is 24.8 Å². The lowest BCUT2D eigenvalue weighted by Gasteiger charge is -2.04. The molecule has 0 N–H and O–H groups in total. The average molecular weight is 169 g/mol. The topological polar surface area (TPSA) is 22.1 Å². The summed E-state index contributed by atoms with van der Waals surface area (Å²) >= 11 is 1.65. The molecule has 0 bridgehead atoms. The van der Waals surface area contributed by atoms with Crippen molar-refractivity contribution in [2.45, 2.75) is 11.8 Å². The van der Waals surface area contributed by atoms with Crippen LogP contribution in [0.5, 0.6) is 5.88 Å². The third-order valence-electron chi connectivity index (χ3n) is 1.37. The highest BCUT2D eigenvalue weighted by atomic mass is 32.2. The van der Waals surface area contributed by atoms with Crippen molar-refractivity contribution in [2.75, 3.05) is 13.4 Å². The van der Waals surface area contributed by atoms with Crippen molar-refractivity contribution in [3.8, 4) is 5.88 Å². The first-order valence-electron chi connectivity index (χ1n) is 3.32. The van der Waals surface area contributed by atoms with Crippen LogP contribution in [0.4, 0.5) is 0 Å². The SMILES string of the molecule is COc1ncc(C)cc1SC. The van der Waals surface area contributed by atoms with Gasteiger partial charge >= 0.3 is 0 Å². The van der Waals surface area contributed by atoms with Crippen LogP contribution in [0.2, 0.25) is 0 Å². The second-order valence-corrected chi connectivity index (χ2v) is 3.07. The van der Waals surface area contributed by atoms with Gasteiger partial charge in [0.25, 0.3) is 0 Å². The standard InChI is InChI=1S/C8H11NOS/c1-6-4-7(11-3)8(10-2)9-5-6/h4-5H,1-3H3. The van der Waals surface area contributed by atoms with Gasteiger partial charge in [-0.3, -0.25) is 0 Å². The van der Waals surface area contributed by atoms with Gasteiger partial charge in [0.2, 0.25) is 5.88 Å². The normalized spacial score (nSPS) is 9.73. The minimum absolute atomic E-state index is 0.711. The Morgan fingerprint density at radius 1 is 1.55 bits per heavy atom. The number of hydrogen-bond acceptors (Lipinski definition) is 3. The molecule has 0 fully saturated rings. The number of methoxy groups -OCH3 is 1. The summed E-state index contributed by atoms with van der Waals surface area (Å²) in [5.41, 5.74) is 1.16. The van der Waals surface area contributed by atoms with Gasteiger partial charge in [-0.2, -0.15) is 0 Å². The second kappa shape index (κ2) is 3.62. The summed E-state index contributed by atoms with van der Waals surface area (Å²) in [5.74, 6) is 0.711. The fourth-order valence-corrected chi connectivity index (χ4v) is 1.44. The highest BCUT2D eigenvalue weighted by Crippen LogP contribution is 2.25. The first kappa shape index (κ1) is 8.40. The maximum Gasteiger partial charge on any atom is 0.227 e. The van der Waals surface area contributed by atoms with E-state index in [9.17, 15) is 0 Å². The Labute approximate surface area is 71.0 Å². The Morgan fingerprint density at radius 3 is 2.82 bits per heavy atom. The zero-order valence-electron chi connectivity index (χ0n) is 6.92. The molecule has 0 spiro atoms. The van der Waals surface area contributed by atoms with E-state index in [4.69, 9.17) is 4.74 Å². The van der Waals surface area contributed by atoms with Crippen LogP contribution < -0.4 is 4.74 Å². The van der Waals surface area contributed by atoms with Crippen LogP contribution in [-0.2, 0) is 0 Å². The molecule has 0 aliphatic rings. The van der Waals surface area contributed by atoms with Gasteiger partial charge in [-0.15, -0.1) is 11.8 Å². The van der Waals surface area contributed by atoms with Gasteiger partial charge in [-0.25, -0.2) is 4.98 Å². The first-order valence-corrected chi connectivity index (χ1v) is 4.55. The van der Waals surface area contributed by atoms with Crippen LogP contribution in [0, 0.1) is 6.92 Å². The molecular formula is C8H11NOS. The number of pyridine rings is 1. The number of ether oxygens (including phenoxy) is 1. The van der Waals surface area contributed by atoms with E-state index in [2.05, 4.69) is 11.1 Å². The monoisotopic (exact) mass is 169 g/mol. The van der Waals surface area contributed by atoms with Crippen LogP contribution in [-0.4, -0.2) is 18.3 Å². The number of rotatable bonds is 2. The van der Waals surface area contributed by atoms with Crippen LogP contribution in [0.15, 0.2) is 17.2 Å². The Hall–Kier alpha value is -0.700. The molecule has 2 nitrogen and oxygen atoms in total. The molecule has 1 aromatic heterocycles. The lowest BCUT2D eigenvalue weighted by atomic mass is 10.3. The van der Waals surface area contributed by atoms with E-state index in [0.717, 1.165) is 10.5 Å². The molecule has 0 atom stereocenters. The quantitative estimate of drug-likeness (QED) is 0.633. The molecule has 1 heterocycles. The summed E-state index contributed by atoms with van der Waals surface area (Å²) in [6.07, 6.45) is 3.82. The fraction of sp³-hybridized carbons (Fsp3) is 0.375. The van der Waals surface area contributed by atoms with Crippen molar-refractivity contribution in [3.05, 3.63) is 17.8 Å². The van der Waals surface area contributed by atoms with Crippen LogP contribution >= 0.6 is 11.8 Å². The fourth-order valence-electron chi connectivity index (χ4n) is 0.829. The highest BCUT2D eigenvalue weighted by molar-refractivity contribution is 7.98. The van der Waals surface area contributed by atoms with Crippen LogP contribution in [0.3, 0.4) is 0 Å². The first-order chi connectivity index (χ1) is 5.27. The van der Waals surface area contributed by atoms with E-state index in [1.165, 1.54) is 0 Å². The lowest BCUT2D eigenvalue weighted by Crippen LogP contribution is -1.90. The summed E-state index contributed by atoms with van der Waals surface area (Å²) in [6.45, 7) is 2.02. The van der Waals surface area contributed by atoms with E-state index in [1.54, 1.807) is 25.1 Å². The Balaban J connectivity index is 3.06. The van der Waals surface area contributed by atoms with E-state index >= 15 is 0 Å². The zero-order chi connectivity index (χ0) is 8.27. The molecule has 11 heavy (non-hydrogen) atoms. The molecule has 0 saturated heterocycles. The van der Waals surface area contributed by atoms with Crippen molar-refractivity contribution in [1.82, 2.24) is 4.98 Å². The number of nitrogens with zero attached hydrogens (tertiary/aromatic N) is 1. The van der Waals surface area contributed by atoms with Crippen molar-refractivity contribution in [2.24, 2.45) is 0 Å². The molecule has 3 heteroatoms. The minimum Gasteiger partial charge on any atom is -0.480 e. The number of aromatic nitrogens is 1. The molecule has 1 rings (SSSR count). The van der Waals surface area contributed by atoms with E-state index in [-0.39, 0.29) is 0 Å². The van der Waals surface area contributed by atoms with Gasteiger partial charge in [0.05, 0.1) is 12.0 Å². The van der Waals surface area contributed by atoms with Gasteiger partial charge < -0.3 is 4.74 Å². The summed E-state index contributed by atoms with van der Waals surface area (Å²) in [5, 5.41) is 0. The van der Waals surface area contributed by atoms with E-state index < -0.39 is 0 Å². The largest absolute Gasteiger partial charge is 0.480 e. The van der Waals surface area contributed by atoms with Crippen molar-refractivity contribution in [1.29, 1.82) is 0 Å². The molecule has 0 unspecified atom stereocenters. The molecule has 0 radical (unpaired) electrons. The third-order valence-corrected chi connectivity index (χ3v) is 2.10. The summed E-state index contributed by atoms with van der Waals surface area (Å²) in [6, 6.07) is 2.07.